The highest BCUT2D eigenvalue weighted by atomic mass is 14.4. The predicted octanol–water partition coefficient (Wildman–Crippen LogP) is 14.7. The lowest BCUT2D eigenvalue weighted by Gasteiger charge is -2.40. The summed E-state index contributed by atoms with van der Waals surface area (Å²) in [7, 11) is 0. The molecule has 0 bridgehead atoms. The zero-order valence-electron chi connectivity index (χ0n) is 28.0. The molecule has 0 radical (unpaired) electrons. The van der Waals surface area contributed by atoms with Crippen LogP contribution in [0.2, 0.25) is 0 Å². The van der Waals surface area contributed by atoms with Crippen LogP contribution in [0, 0.1) is 5.41 Å². The van der Waals surface area contributed by atoms with Crippen LogP contribution in [0.15, 0.2) is 11.1 Å². The minimum atomic E-state index is 0.508. The zero-order valence-corrected chi connectivity index (χ0v) is 28.0. The first kappa shape index (κ1) is 37.7. The van der Waals surface area contributed by atoms with E-state index in [2.05, 4.69) is 41.5 Å². The molecule has 0 aliphatic rings. The van der Waals surface area contributed by atoms with Crippen LogP contribution in [0.25, 0.3) is 0 Å². The number of hydrogen-bond donors (Lipinski definition) is 0. The third-order valence-electron chi connectivity index (χ3n) is 9.35. The van der Waals surface area contributed by atoms with E-state index in [-0.39, 0.29) is 0 Å². The van der Waals surface area contributed by atoms with Crippen LogP contribution in [-0.4, -0.2) is 0 Å². The Hall–Kier alpha value is -0.260. The molecule has 0 aromatic carbocycles. The van der Waals surface area contributed by atoms with Crippen molar-refractivity contribution in [2.75, 3.05) is 0 Å². The van der Waals surface area contributed by atoms with Gasteiger partial charge >= 0.3 is 0 Å². The lowest BCUT2D eigenvalue weighted by atomic mass is 9.65. The van der Waals surface area contributed by atoms with Crippen molar-refractivity contribution in [1.29, 1.82) is 0 Å². The van der Waals surface area contributed by atoms with Gasteiger partial charge in [0.25, 0.3) is 0 Å². The van der Waals surface area contributed by atoms with Gasteiger partial charge in [0.05, 0.1) is 0 Å². The Morgan fingerprint density at radius 1 is 0.342 bits per heavy atom. The fourth-order valence-corrected chi connectivity index (χ4v) is 6.93. The Bertz CT molecular complexity index is 500. The van der Waals surface area contributed by atoms with E-state index in [1.54, 1.807) is 0 Å². The molecule has 0 aromatic rings. The number of unbranched alkanes of at least 4 members (excludes halogenated alkanes) is 18. The van der Waals surface area contributed by atoms with Gasteiger partial charge in [-0.25, -0.2) is 0 Å². The zero-order chi connectivity index (χ0) is 28.2. The fraction of sp³-hybridized carbons (Fsp3) is 0.947. The van der Waals surface area contributed by atoms with Gasteiger partial charge in [-0.15, -0.1) is 0 Å². The summed E-state index contributed by atoms with van der Waals surface area (Å²) >= 11 is 0. The molecule has 0 fully saturated rings. The summed E-state index contributed by atoms with van der Waals surface area (Å²) in [6, 6.07) is 0. The average molecular weight is 533 g/mol. The van der Waals surface area contributed by atoms with E-state index in [0.29, 0.717) is 5.41 Å². The third kappa shape index (κ3) is 18.9. The van der Waals surface area contributed by atoms with Crippen LogP contribution < -0.4 is 0 Å². The quantitative estimate of drug-likeness (QED) is 0.0637. The van der Waals surface area contributed by atoms with Gasteiger partial charge in [-0.1, -0.05) is 194 Å². The highest BCUT2D eigenvalue weighted by molar-refractivity contribution is 5.23. The Morgan fingerprint density at radius 2 is 0.684 bits per heavy atom. The highest BCUT2D eigenvalue weighted by Gasteiger charge is 2.34. The summed E-state index contributed by atoms with van der Waals surface area (Å²) in [5, 5.41) is 0. The van der Waals surface area contributed by atoms with Crippen LogP contribution in [-0.2, 0) is 0 Å². The minimum Gasteiger partial charge on any atom is -0.0707 e. The summed E-state index contributed by atoms with van der Waals surface area (Å²) in [5.41, 5.74) is 4.35. The number of hydrogen-bond acceptors (Lipinski definition) is 0. The van der Waals surface area contributed by atoms with Crippen molar-refractivity contribution < 1.29 is 0 Å². The first-order valence-electron chi connectivity index (χ1n) is 18.4. The van der Waals surface area contributed by atoms with Crippen molar-refractivity contribution in [2.24, 2.45) is 5.41 Å². The van der Waals surface area contributed by atoms with Crippen molar-refractivity contribution in [3.8, 4) is 0 Å². The molecular weight excluding hydrogens is 456 g/mol. The van der Waals surface area contributed by atoms with Gasteiger partial charge in [0, 0.05) is 0 Å². The normalized spacial score (nSPS) is 14.1. The molecule has 0 N–H and O–H groups in total. The molecule has 0 aromatic heterocycles. The van der Waals surface area contributed by atoms with Crippen LogP contribution in [0.3, 0.4) is 0 Å². The maximum Gasteiger partial charge on any atom is -0.00854 e. The molecule has 0 aliphatic carbocycles. The predicted molar refractivity (Wildman–Crippen MR) is 177 cm³/mol. The van der Waals surface area contributed by atoms with E-state index in [4.69, 9.17) is 0 Å². The lowest BCUT2D eigenvalue weighted by molar-refractivity contribution is 0.234. The van der Waals surface area contributed by atoms with Crippen LogP contribution >= 0.6 is 0 Å². The molecule has 0 rings (SSSR count). The monoisotopic (exact) mass is 533 g/mol. The second-order valence-corrected chi connectivity index (χ2v) is 12.8. The molecule has 1 unspecified atom stereocenters. The molecule has 0 heteroatoms. The molecule has 228 valence electrons. The average Bonchev–Trinajstić information content (AvgIpc) is 2.93. The van der Waals surface area contributed by atoms with Gasteiger partial charge in [-0.2, -0.15) is 0 Å². The molecule has 0 aliphatic heterocycles. The Kier molecular flexibility index (Phi) is 28.1. The van der Waals surface area contributed by atoms with E-state index >= 15 is 0 Å². The topological polar surface area (TPSA) is 0 Å². The van der Waals surface area contributed by atoms with Gasteiger partial charge in [0.2, 0.25) is 0 Å². The van der Waals surface area contributed by atoms with Crippen LogP contribution in [0.5, 0.6) is 0 Å². The van der Waals surface area contributed by atoms with Gasteiger partial charge in [0.15, 0.2) is 0 Å². The van der Waals surface area contributed by atoms with Crippen LogP contribution in [0.4, 0.5) is 0 Å². The largest absolute Gasteiger partial charge is 0.0707 e. The molecule has 0 amide bonds. The lowest BCUT2D eigenvalue weighted by Crippen LogP contribution is -2.26. The summed E-state index contributed by atoms with van der Waals surface area (Å²) in [6.45, 7) is 14.3. The van der Waals surface area contributed by atoms with Gasteiger partial charge in [0.1, 0.15) is 0 Å². The number of allylic oxidation sites excluding steroid dienone is 2. The van der Waals surface area contributed by atoms with Gasteiger partial charge < -0.3 is 0 Å². The van der Waals surface area contributed by atoms with Crippen molar-refractivity contribution in [3.05, 3.63) is 11.1 Å². The molecule has 0 saturated heterocycles. The Labute approximate surface area is 244 Å². The minimum absolute atomic E-state index is 0.508. The third-order valence-corrected chi connectivity index (χ3v) is 9.35. The summed E-state index contributed by atoms with van der Waals surface area (Å²) < 4.78 is 0. The van der Waals surface area contributed by atoms with E-state index in [9.17, 15) is 0 Å². The van der Waals surface area contributed by atoms with E-state index in [0.717, 1.165) is 0 Å². The first-order valence-corrected chi connectivity index (χ1v) is 18.4. The highest BCUT2D eigenvalue weighted by Crippen LogP contribution is 2.48. The van der Waals surface area contributed by atoms with E-state index < -0.39 is 0 Å². The molecule has 1 atom stereocenters. The van der Waals surface area contributed by atoms with Crippen molar-refractivity contribution in [3.63, 3.8) is 0 Å². The maximum absolute atomic E-state index is 2.46. The second kappa shape index (κ2) is 28.3. The van der Waals surface area contributed by atoms with E-state index in [1.165, 1.54) is 186 Å². The van der Waals surface area contributed by atoms with Gasteiger partial charge in [-0.05, 0) is 50.4 Å². The Morgan fingerprint density at radius 3 is 1.03 bits per heavy atom. The Balaban J connectivity index is 5.51. The molecule has 0 spiro atoms. The SMILES string of the molecule is CCCCCCCCCCCCC(CCCCCC)(CCCCCCCC)C(CCCC)=C(CC)CCC. The summed E-state index contributed by atoms with van der Waals surface area (Å²) in [5.74, 6) is 0. The van der Waals surface area contributed by atoms with Crippen molar-refractivity contribution in [2.45, 2.75) is 228 Å². The maximum atomic E-state index is 2.46. The first-order chi connectivity index (χ1) is 18.7. The van der Waals surface area contributed by atoms with Gasteiger partial charge in [-0.3, -0.25) is 0 Å². The van der Waals surface area contributed by atoms with E-state index in [1.807, 2.05) is 11.1 Å². The standard InChI is InChI=1S/C38H76/c1-7-13-17-20-22-23-24-25-27-30-35-38(33-28-19-15-9-3,34-29-26-21-18-14-8-2)37(32-16-10-4)36(12-6)31-11-5/h7-35H2,1-6H3. The fourth-order valence-electron chi connectivity index (χ4n) is 6.93. The summed E-state index contributed by atoms with van der Waals surface area (Å²) in [4.78, 5) is 0. The molecule has 0 nitrogen and oxygen atoms in total. The smallest absolute Gasteiger partial charge is 0.00854 e. The molecular formula is C38H76. The second-order valence-electron chi connectivity index (χ2n) is 12.8. The summed E-state index contributed by atoms with van der Waals surface area (Å²) in [6.07, 6.45) is 41.4. The number of rotatable bonds is 30. The molecule has 0 heterocycles. The van der Waals surface area contributed by atoms with Crippen molar-refractivity contribution in [1.82, 2.24) is 0 Å². The van der Waals surface area contributed by atoms with Crippen LogP contribution in [0.1, 0.15) is 228 Å². The molecule has 38 heavy (non-hydrogen) atoms. The molecule has 0 saturated carbocycles. The van der Waals surface area contributed by atoms with Crippen molar-refractivity contribution >= 4 is 0 Å².